The summed E-state index contributed by atoms with van der Waals surface area (Å²) in [5, 5.41) is 12.8. The van der Waals surface area contributed by atoms with Crippen LogP contribution in [0.1, 0.15) is 15.9 Å². The first-order valence-electron chi connectivity index (χ1n) is 5.68. The number of aromatic nitrogens is 2. The third-order valence-corrected chi connectivity index (χ3v) is 3.65. The first kappa shape index (κ1) is 11.9. The van der Waals surface area contributed by atoms with E-state index < -0.39 is 5.91 Å². The van der Waals surface area contributed by atoms with Crippen molar-refractivity contribution in [3.63, 3.8) is 0 Å². The molecular weight excluding hydrogens is 262 g/mol. The van der Waals surface area contributed by atoms with E-state index in [-0.39, 0.29) is 0 Å². The molecule has 1 aromatic carbocycles. The average Bonchev–Trinajstić information content (AvgIpc) is 3.08. The average molecular weight is 273 g/mol. The van der Waals surface area contributed by atoms with Crippen LogP contribution in [0.15, 0.2) is 41.4 Å². The smallest absolute Gasteiger partial charge is 0.274 e. The van der Waals surface area contributed by atoms with Crippen LogP contribution in [0, 0.1) is 0 Å². The number of amides is 1. The van der Waals surface area contributed by atoms with Crippen LogP contribution in [0.25, 0.3) is 11.0 Å². The molecule has 0 unspecified atom stereocenters. The summed E-state index contributed by atoms with van der Waals surface area (Å²) in [4.78, 5) is 15.7. The number of benzene rings is 1. The normalized spacial score (nSPS) is 10.8. The van der Waals surface area contributed by atoms with E-state index in [2.05, 4.69) is 16.4 Å². The number of rotatable bonds is 3. The van der Waals surface area contributed by atoms with Crippen molar-refractivity contribution >= 4 is 28.3 Å². The van der Waals surface area contributed by atoms with Gasteiger partial charge in [0.15, 0.2) is 0 Å². The van der Waals surface area contributed by atoms with E-state index >= 15 is 0 Å². The molecule has 19 heavy (non-hydrogen) atoms. The van der Waals surface area contributed by atoms with Crippen LogP contribution >= 0.6 is 11.3 Å². The topological polar surface area (TPSA) is 67.2 Å². The molecule has 3 aromatic rings. The SMILES string of the molecule is O=C(NO)c1ccc2ncn(Cc3ccsc3)c2c1. The summed E-state index contributed by atoms with van der Waals surface area (Å²) in [5.74, 6) is -0.523. The molecule has 0 radical (unpaired) electrons. The fourth-order valence-corrected chi connectivity index (χ4v) is 2.63. The molecule has 0 fully saturated rings. The van der Waals surface area contributed by atoms with Gasteiger partial charge in [0, 0.05) is 12.1 Å². The minimum absolute atomic E-state index is 0.405. The van der Waals surface area contributed by atoms with Gasteiger partial charge in [0.2, 0.25) is 0 Å². The van der Waals surface area contributed by atoms with Gasteiger partial charge in [-0.2, -0.15) is 11.3 Å². The molecule has 0 aliphatic rings. The van der Waals surface area contributed by atoms with Crippen molar-refractivity contribution in [2.24, 2.45) is 0 Å². The first-order valence-corrected chi connectivity index (χ1v) is 6.62. The third-order valence-electron chi connectivity index (χ3n) is 2.92. The van der Waals surface area contributed by atoms with Crippen molar-refractivity contribution in [1.29, 1.82) is 0 Å². The summed E-state index contributed by atoms with van der Waals surface area (Å²) in [5.41, 5.74) is 4.93. The molecular formula is C13H11N3O2S. The van der Waals surface area contributed by atoms with E-state index in [9.17, 15) is 4.79 Å². The molecule has 0 saturated heterocycles. The van der Waals surface area contributed by atoms with Crippen LogP contribution in [-0.4, -0.2) is 20.7 Å². The highest BCUT2D eigenvalue weighted by Crippen LogP contribution is 2.17. The Bertz CT molecular complexity index is 719. The highest BCUT2D eigenvalue weighted by atomic mass is 32.1. The van der Waals surface area contributed by atoms with Gasteiger partial charge in [0.25, 0.3) is 5.91 Å². The summed E-state index contributed by atoms with van der Waals surface area (Å²) in [6, 6.07) is 7.18. The molecule has 2 aromatic heterocycles. The second kappa shape index (κ2) is 4.83. The number of nitrogens with one attached hydrogen (secondary N) is 1. The fourth-order valence-electron chi connectivity index (χ4n) is 1.97. The molecule has 0 aliphatic heterocycles. The fraction of sp³-hybridized carbons (Fsp3) is 0.0769. The van der Waals surface area contributed by atoms with Gasteiger partial charge in [-0.05, 0) is 40.6 Å². The van der Waals surface area contributed by atoms with E-state index in [1.54, 1.807) is 41.3 Å². The van der Waals surface area contributed by atoms with E-state index in [4.69, 9.17) is 5.21 Å². The van der Waals surface area contributed by atoms with Crippen LogP contribution in [0.3, 0.4) is 0 Å². The second-order valence-electron chi connectivity index (χ2n) is 4.15. The van der Waals surface area contributed by atoms with Crippen molar-refractivity contribution in [2.75, 3.05) is 0 Å². The Morgan fingerprint density at radius 1 is 1.42 bits per heavy atom. The molecule has 0 saturated carbocycles. The number of hydrogen-bond acceptors (Lipinski definition) is 4. The number of hydrogen-bond donors (Lipinski definition) is 2. The third kappa shape index (κ3) is 2.23. The highest BCUT2D eigenvalue weighted by Gasteiger charge is 2.09. The second-order valence-corrected chi connectivity index (χ2v) is 4.93. The number of carbonyl (C=O) groups is 1. The number of imidazole rings is 1. The Hall–Kier alpha value is -2.18. The number of fused-ring (bicyclic) bond motifs is 1. The van der Waals surface area contributed by atoms with E-state index in [1.807, 2.05) is 9.95 Å². The quantitative estimate of drug-likeness (QED) is 0.568. The Morgan fingerprint density at radius 3 is 3.05 bits per heavy atom. The van der Waals surface area contributed by atoms with Crippen LogP contribution in [0.4, 0.5) is 0 Å². The van der Waals surface area contributed by atoms with Crippen molar-refractivity contribution in [1.82, 2.24) is 15.0 Å². The summed E-state index contributed by atoms with van der Waals surface area (Å²) in [6.07, 6.45) is 1.75. The van der Waals surface area contributed by atoms with Crippen molar-refractivity contribution in [3.8, 4) is 0 Å². The summed E-state index contributed by atoms with van der Waals surface area (Å²) >= 11 is 1.65. The lowest BCUT2D eigenvalue weighted by Crippen LogP contribution is -2.18. The molecule has 2 heterocycles. The van der Waals surface area contributed by atoms with Gasteiger partial charge in [-0.25, -0.2) is 10.5 Å². The van der Waals surface area contributed by atoms with Crippen LogP contribution in [0.5, 0.6) is 0 Å². The van der Waals surface area contributed by atoms with Gasteiger partial charge in [-0.15, -0.1) is 0 Å². The summed E-state index contributed by atoms with van der Waals surface area (Å²) in [6.45, 7) is 0.712. The number of carbonyl (C=O) groups excluding carboxylic acids is 1. The van der Waals surface area contributed by atoms with Crippen molar-refractivity contribution in [2.45, 2.75) is 6.54 Å². The molecule has 96 valence electrons. The molecule has 1 amide bonds. The molecule has 0 aliphatic carbocycles. The standard InChI is InChI=1S/C13H11N3O2S/c17-13(15-18)10-1-2-11-12(5-10)16(8-14-11)6-9-3-4-19-7-9/h1-5,7-8,18H,6H2,(H,15,17). The molecule has 0 atom stereocenters. The Morgan fingerprint density at radius 2 is 2.32 bits per heavy atom. The maximum absolute atomic E-state index is 11.4. The molecule has 3 rings (SSSR count). The largest absolute Gasteiger partial charge is 0.326 e. The van der Waals surface area contributed by atoms with Gasteiger partial charge in [0.05, 0.1) is 17.4 Å². The maximum atomic E-state index is 11.4. The number of hydroxylamine groups is 1. The van der Waals surface area contributed by atoms with Crippen molar-refractivity contribution in [3.05, 3.63) is 52.5 Å². The minimum atomic E-state index is -0.523. The minimum Gasteiger partial charge on any atom is -0.326 e. The van der Waals surface area contributed by atoms with E-state index in [0.717, 1.165) is 11.0 Å². The number of nitrogens with zero attached hydrogens (tertiary/aromatic N) is 2. The zero-order valence-electron chi connectivity index (χ0n) is 9.91. The highest BCUT2D eigenvalue weighted by molar-refractivity contribution is 7.07. The predicted octanol–water partition coefficient (Wildman–Crippen LogP) is 2.27. The molecule has 0 spiro atoms. The Labute approximate surface area is 113 Å². The molecule has 0 bridgehead atoms. The molecule has 6 heteroatoms. The van der Waals surface area contributed by atoms with Crippen LogP contribution in [-0.2, 0) is 6.54 Å². The predicted molar refractivity (Wildman–Crippen MR) is 72.4 cm³/mol. The van der Waals surface area contributed by atoms with E-state index in [1.165, 1.54) is 5.56 Å². The van der Waals surface area contributed by atoms with Crippen LogP contribution < -0.4 is 5.48 Å². The monoisotopic (exact) mass is 273 g/mol. The van der Waals surface area contributed by atoms with Gasteiger partial charge >= 0.3 is 0 Å². The van der Waals surface area contributed by atoms with Gasteiger partial charge < -0.3 is 4.57 Å². The van der Waals surface area contributed by atoms with E-state index in [0.29, 0.717) is 12.1 Å². The lowest BCUT2D eigenvalue weighted by atomic mass is 10.2. The summed E-state index contributed by atoms with van der Waals surface area (Å²) < 4.78 is 1.98. The molecule has 5 nitrogen and oxygen atoms in total. The lowest BCUT2D eigenvalue weighted by molar-refractivity contribution is 0.0706. The first-order chi connectivity index (χ1) is 9.28. The van der Waals surface area contributed by atoms with Gasteiger partial charge in [-0.3, -0.25) is 10.0 Å². The zero-order valence-corrected chi connectivity index (χ0v) is 10.7. The zero-order chi connectivity index (χ0) is 13.2. The van der Waals surface area contributed by atoms with Crippen molar-refractivity contribution < 1.29 is 10.0 Å². The van der Waals surface area contributed by atoms with Gasteiger partial charge in [0.1, 0.15) is 0 Å². The number of thiophene rings is 1. The molecule has 2 N–H and O–H groups in total. The maximum Gasteiger partial charge on any atom is 0.274 e. The summed E-state index contributed by atoms with van der Waals surface area (Å²) in [7, 11) is 0. The van der Waals surface area contributed by atoms with Gasteiger partial charge in [-0.1, -0.05) is 0 Å². The Balaban J connectivity index is 2.03. The van der Waals surface area contributed by atoms with Crippen LogP contribution in [0.2, 0.25) is 0 Å². The lowest BCUT2D eigenvalue weighted by Gasteiger charge is -2.04. The Kier molecular flexibility index (Phi) is 3.02.